The zero-order valence-electron chi connectivity index (χ0n) is 20.0. The van der Waals surface area contributed by atoms with Gasteiger partial charge in [0.2, 0.25) is 11.9 Å². The highest BCUT2D eigenvalue weighted by Gasteiger charge is 2.35. The van der Waals surface area contributed by atoms with Crippen molar-refractivity contribution < 1.29 is 14.3 Å². The molecule has 9 nitrogen and oxygen atoms in total. The molecule has 0 radical (unpaired) electrons. The quantitative estimate of drug-likeness (QED) is 0.721. The van der Waals surface area contributed by atoms with Gasteiger partial charge in [-0.2, -0.15) is 4.98 Å². The van der Waals surface area contributed by atoms with Crippen LogP contribution in [-0.4, -0.2) is 70.9 Å². The van der Waals surface area contributed by atoms with Gasteiger partial charge in [0.25, 0.3) is 5.91 Å². The number of nitrogens with zero attached hydrogens (tertiary/aromatic N) is 5. The van der Waals surface area contributed by atoms with Gasteiger partial charge in [-0.1, -0.05) is 12.1 Å². The number of methoxy groups -OCH3 is 1. The second-order valence-electron chi connectivity index (χ2n) is 8.86. The molecule has 1 saturated heterocycles. The Balaban J connectivity index is 1.66. The van der Waals surface area contributed by atoms with E-state index in [1.807, 2.05) is 52.8 Å². The van der Waals surface area contributed by atoms with Crippen molar-refractivity contribution in [3.63, 3.8) is 0 Å². The predicted molar refractivity (Wildman–Crippen MR) is 127 cm³/mol. The number of ether oxygens (including phenoxy) is 1. The van der Waals surface area contributed by atoms with Crippen LogP contribution in [0.5, 0.6) is 5.75 Å². The fraction of sp³-hybridized carbons (Fsp3) is 0.500. The molecule has 9 heteroatoms. The number of benzene rings is 1. The number of nitrogens with one attached hydrogen (secondary N) is 1. The summed E-state index contributed by atoms with van der Waals surface area (Å²) in [5.74, 6) is 2.00. The highest BCUT2D eigenvalue weighted by atomic mass is 16.5. The van der Waals surface area contributed by atoms with Crippen molar-refractivity contribution in [3.8, 4) is 5.75 Å². The Morgan fingerprint density at radius 3 is 2.48 bits per heavy atom. The molecule has 33 heavy (non-hydrogen) atoms. The second kappa shape index (κ2) is 9.25. The topological polar surface area (TPSA) is 90.9 Å². The Labute approximate surface area is 194 Å². The number of carbonyl (C=O) groups is 2. The lowest BCUT2D eigenvalue weighted by atomic mass is 10.1. The lowest BCUT2D eigenvalue weighted by Gasteiger charge is -2.34. The molecule has 2 aromatic rings. The van der Waals surface area contributed by atoms with Crippen LogP contribution in [0.25, 0.3) is 0 Å². The molecule has 1 aromatic carbocycles. The van der Waals surface area contributed by atoms with Gasteiger partial charge in [0, 0.05) is 44.7 Å². The maximum atomic E-state index is 13.1. The van der Waals surface area contributed by atoms with E-state index in [4.69, 9.17) is 9.72 Å². The molecule has 1 atom stereocenters. The van der Waals surface area contributed by atoms with Crippen LogP contribution in [0.15, 0.2) is 24.3 Å². The van der Waals surface area contributed by atoms with E-state index in [1.165, 1.54) is 0 Å². The highest BCUT2D eigenvalue weighted by Crippen LogP contribution is 2.33. The van der Waals surface area contributed by atoms with Crippen LogP contribution in [0.4, 0.5) is 11.8 Å². The summed E-state index contributed by atoms with van der Waals surface area (Å²) in [7, 11) is 1.65. The van der Waals surface area contributed by atoms with Crippen molar-refractivity contribution in [2.24, 2.45) is 0 Å². The monoisotopic (exact) mass is 452 g/mol. The molecule has 2 aliphatic heterocycles. The summed E-state index contributed by atoms with van der Waals surface area (Å²) in [6, 6.07) is 7.92. The Morgan fingerprint density at radius 1 is 1.12 bits per heavy atom. The van der Waals surface area contributed by atoms with Crippen LogP contribution in [0.2, 0.25) is 0 Å². The van der Waals surface area contributed by atoms with Crippen molar-refractivity contribution in [1.82, 2.24) is 19.8 Å². The summed E-state index contributed by atoms with van der Waals surface area (Å²) >= 11 is 0. The smallest absolute Gasteiger partial charge is 0.273 e. The number of rotatable bonds is 6. The molecule has 2 amide bonds. The van der Waals surface area contributed by atoms with Gasteiger partial charge >= 0.3 is 0 Å². The maximum Gasteiger partial charge on any atom is 0.273 e. The van der Waals surface area contributed by atoms with Gasteiger partial charge in [-0.15, -0.1) is 0 Å². The third-order valence-corrected chi connectivity index (χ3v) is 6.37. The molecule has 4 rings (SSSR count). The Kier molecular flexibility index (Phi) is 6.40. The first-order chi connectivity index (χ1) is 15.8. The normalized spacial score (nSPS) is 16.8. The molecular formula is C24H32N6O3. The zero-order chi connectivity index (χ0) is 23.7. The molecule has 176 valence electrons. The Morgan fingerprint density at radius 2 is 1.85 bits per heavy atom. The summed E-state index contributed by atoms with van der Waals surface area (Å²) < 4.78 is 5.37. The zero-order valence-corrected chi connectivity index (χ0v) is 20.0. The SMILES string of the molecule is COc1cccc([C@@H](C)Nc2nc(N3CCN(C(C)=O)CC3)nc3c2CN(C(C)C)C3=O)c1. The molecule has 0 bridgehead atoms. The number of piperazine rings is 1. The molecule has 1 N–H and O–H groups in total. The maximum absolute atomic E-state index is 13.1. The lowest BCUT2D eigenvalue weighted by Crippen LogP contribution is -2.48. The average molecular weight is 453 g/mol. The Hall–Kier alpha value is -3.36. The minimum atomic E-state index is -0.0666. The molecule has 2 aliphatic rings. The molecule has 3 heterocycles. The molecule has 1 aromatic heterocycles. The number of amides is 2. The predicted octanol–water partition coefficient (Wildman–Crippen LogP) is 2.69. The van der Waals surface area contributed by atoms with E-state index in [2.05, 4.69) is 17.2 Å². The average Bonchev–Trinajstić information content (AvgIpc) is 3.16. The first kappa shape index (κ1) is 22.8. The van der Waals surface area contributed by atoms with Crippen molar-refractivity contribution in [1.29, 1.82) is 0 Å². The summed E-state index contributed by atoms with van der Waals surface area (Å²) in [6.45, 7) is 10.6. The van der Waals surface area contributed by atoms with Crippen LogP contribution in [0, 0.1) is 0 Å². The van der Waals surface area contributed by atoms with Crippen LogP contribution in [0.1, 0.15) is 55.4 Å². The molecule has 0 aliphatic carbocycles. The van der Waals surface area contributed by atoms with E-state index < -0.39 is 0 Å². The summed E-state index contributed by atoms with van der Waals surface area (Å²) in [5, 5.41) is 3.52. The van der Waals surface area contributed by atoms with Crippen molar-refractivity contribution in [2.45, 2.75) is 46.3 Å². The summed E-state index contributed by atoms with van der Waals surface area (Å²) in [6.07, 6.45) is 0. The fourth-order valence-corrected chi connectivity index (χ4v) is 4.28. The second-order valence-corrected chi connectivity index (χ2v) is 8.86. The van der Waals surface area contributed by atoms with Gasteiger partial charge in [-0.25, -0.2) is 4.98 Å². The van der Waals surface area contributed by atoms with Crippen LogP contribution in [-0.2, 0) is 11.3 Å². The number of fused-ring (bicyclic) bond motifs is 1. The molecule has 0 spiro atoms. The van der Waals surface area contributed by atoms with E-state index in [0.29, 0.717) is 50.2 Å². The third kappa shape index (κ3) is 4.58. The first-order valence-electron chi connectivity index (χ1n) is 11.4. The molecule has 1 fully saturated rings. The van der Waals surface area contributed by atoms with Crippen LogP contribution < -0.4 is 15.0 Å². The summed E-state index contributed by atoms with van der Waals surface area (Å²) in [5.41, 5.74) is 2.35. The van der Waals surface area contributed by atoms with E-state index in [9.17, 15) is 9.59 Å². The van der Waals surface area contributed by atoms with Gasteiger partial charge in [-0.3, -0.25) is 9.59 Å². The first-order valence-corrected chi connectivity index (χ1v) is 11.4. The van der Waals surface area contributed by atoms with E-state index in [1.54, 1.807) is 14.0 Å². The van der Waals surface area contributed by atoms with Gasteiger partial charge < -0.3 is 24.8 Å². The van der Waals surface area contributed by atoms with E-state index in [0.717, 1.165) is 16.9 Å². The van der Waals surface area contributed by atoms with Crippen molar-refractivity contribution >= 4 is 23.6 Å². The number of hydrogen-bond acceptors (Lipinski definition) is 7. The van der Waals surface area contributed by atoms with Crippen LogP contribution in [0.3, 0.4) is 0 Å². The summed E-state index contributed by atoms with van der Waals surface area (Å²) in [4.78, 5) is 40.1. The van der Waals surface area contributed by atoms with Crippen LogP contribution >= 0.6 is 0 Å². The Bertz CT molecular complexity index is 1050. The van der Waals surface area contributed by atoms with Gasteiger partial charge in [0.1, 0.15) is 17.3 Å². The molecule has 0 unspecified atom stereocenters. The highest BCUT2D eigenvalue weighted by molar-refractivity contribution is 5.98. The largest absolute Gasteiger partial charge is 0.497 e. The fourth-order valence-electron chi connectivity index (χ4n) is 4.28. The van der Waals surface area contributed by atoms with Gasteiger partial charge in [0.05, 0.1) is 19.7 Å². The standard InChI is InChI=1S/C24H32N6O3/c1-15(2)30-14-20-21(23(30)32)26-24(29-11-9-28(10-12-29)17(4)31)27-22(20)25-16(3)18-7-6-8-19(13-18)33-5/h6-8,13,15-16H,9-12,14H2,1-5H3,(H,25,26,27)/t16-/m1/s1. The van der Waals surface area contributed by atoms with Gasteiger partial charge in [-0.05, 0) is 38.5 Å². The third-order valence-electron chi connectivity index (χ3n) is 6.37. The van der Waals surface area contributed by atoms with Crippen molar-refractivity contribution in [2.75, 3.05) is 43.5 Å². The molecular weight excluding hydrogens is 420 g/mol. The number of hydrogen-bond donors (Lipinski definition) is 1. The minimum absolute atomic E-state index is 0.0512. The number of aromatic nitrogens is 2. The van der Waals surface area contributed by atoms with E-state index >= 15 is 0 Å². The molecule has 0 saturated carbocycles. The lowest BCUT2D eigenvalue weighted by molar-refractivity contribution is -0.129. The number of anilines is 2. The van der Waals surface area contributed by atoms with E-state index in [-0.39, 0.29) is 23.9 Å². The minimum Gasteiger partial charge on any atom is -0.497 e. The van der Waals surface area contributed by atoms with Crippen molar-refractivity contribution in [3.05, 3.63) is 41.1 Å². The van der Waals surface area contributed by atoms with Gasteiger partial charge in [0.15, 0.2) is 0 Å². The number of carbonyl (C=O) groups excluding carboxylic acids is 2.